The molecule has 1 atom stereocenters. The second kappa shape index (κ2) is 5.65. The predicted octanol–water partition coefficient (Wildman–Crippen LogP) is 1.41. The number of hydrogen-bond donors (Lipinski definition) is 2. The quantitative estimate of drug-likeness (QED) is 0.802. The zero-order chi connectivity index (χ0) is 13.0. The summed E-state index contributed by atoms with van der Waals surface area (Å²) in [5.74, 6) is -0.907. The van der Waals surface area contributed by atoms with Gasteiger partial charge >= 0.3 is 5.97 Å². The molecule has 1 amide bonds. The molecule has 0 saturated carbocycles. The van der Waals surface area contributed by atoms with Crippen molar-refractivity contribution in [2.45, 2.75) is 13.0 Å². The molecular weight excluding hydrogens is 244 g/mol. The van der Waals surface area contributed by atoms with E-state index in [1.54, 1.807) is 13.0 Å². The minimum absolute atomic E-state index is 0.191. The van der Waals surface area contributed by atoms with Crippen LogP contribution in [0.1, 0.15) is 17.3 Å². The number of hydrogen-bond acceptors (Lipinski definition) is 4. The van der Waals surface area contributed by atoms with Crippen molar-refractivity contribution in [2.75, 3.05) is 12.4 Å². The van der Waals surface area contributed by atoms with Crippen molar-refractivity contribution < 1.29 is 14.3 Å². The third kappa shape index (κ3) is 3.44. The van der Waals surface area contributed by atoms with Gasteiger partial charge in [0.2, 0.25) is 5.91 Å². The maximum atomic E-state index is 11.4. The second-order valence-electron chi connectivity index (χ2n) is 3.46. The third-order valence-electron chi connectivity index (χ3n) is 2.05. The Labute approximate surface area is 104 Å². The van der Waals surface area contributed by atoms with E-state index in [9.17, 15) is 9.59 Å². The van der Waals surface area contributed by atoms with Gasteiger partial charge in [-0.25, -0.2) is 4.79 Å². The average molecular weight is 257 g/mol. The van der Waals surface area contributed by atoms with Crippen LogP contribution in [0.2, 0.25) is 5.02 Å². The maximum absolute atomic E-state index is 11.4. The van der Waals surface area contributed by atoms with Gasteiger partial charge in [0.05, 0.1) is 23.7 Å². The predicted molar refractivity (Wildman–Crippen MR) is 65.1 cm³/mol. The van der Waals surface area contributed by atoms with Crippen LogP contribution in [0.4, 0.5) is 5.69 Å². The van der Waals surface area contributed by atoms with Gasteiger partial charge in [-0.15, -0.1) is 0 Å². The van der Waals surface area contributed by atoms with E-state index in [-0.39, 0.29) is 16.5 Å². The van der Waals surface area contributed by atoms with E-state index in [1.807, 2.05) is 0 Å². The highest BCUT2D eigenvalue weighted by Gasteiger charge is 2.13. The third-order valence-corrected chi connectivity index (χ3v) is 2.38. The van der Waals surface area contributed by atoms with Crippen LogP contribution < -0.4 is 11.1 Å². The number of nitrogens with two attached hydrogens (primary N) is 1. The van der Waals surface area contributed by atoms with E-state index in [1.165, 1.54) is 19.2 Å². The van der Waals surface area contributed by atoms with E-state index in [4.69, 9.17) is 17.3 Å². The van der Waals surface area contributed by atoms with Crippen LogP contribution in [-0.2, 0) is 9.53 Å². The molecule has 0 spiro atoms. The van der Waals surface area contributed by atoms with Crippen molar-refractivity contribution in [1.29, 1.82) is 0 Å². The summed E-state index contributed by atoms with van der Waals surface area (Å²) in [6.07, 6.45) is 0. The van der Waals surface area contributed by atoms with Crippen LogP contribution in [0.25, 0.3) is 0 Å². The summed E-state index contributed by atoms with van der Waals surface area (Å²) in [6, 6.07) is 3.89. The maximum Gasteiger partial charge on any atom is 0.339 e. The number of carbonyl (C=O) groups excluding carboxylic acids is 2. The van der Waals surface area contributed by atoms with E-state index >= 15 is 0 Å². The zero-order valence-corrected chi connectivity index (χ0v) is 10.2. The van der Waals surface area contributed by atoms with Crippen LogP contribution in [0, 0.1) is 0 Å². The molecule has 0 aliphatic heterocycles. The largest absolute Gasteiger partial charge is 0.465 e. The van der Waals surface area contributed by atoms with Crippen molar-refractivity contribution in [3.05, 3.63) is 28.8 Å². The van der Waals surface area contributed by atoms with E-state index in [0.29, 0.717) is 5.69 Å². The van der Waals surface area contributed by atoms with Crippen LogP contribution >= 0.6 is 11.6 Å². The smallest absolute Gasteiger partial charge is 0.339 e. The summed E-state index contributed by atoms with van der Waals surface area (Å²) < 4.78 is 4.56. The van der Waals surface area contributed by atoms with Gasteiger partial charge in [-0.3, -0.25) is 4.79 Å². The number of benzene rings is 1. The topological polar surface area (TPSA) is 81.4 Å². The monoisotopic (exact) mass is 256 g/mol. The summed E-state index contributed by atoms with van der Waals surface area (Å²) in [6.45, 7) is 1.56. The lowest BCUT2D eigenvalue weighted by Crippen LogP contribution is -2.32. The minimum atomic E-state index is -0.632. The number of anilines is 1. The van der Waals surface area contributed by atoms with Gasteiger partial charge in [0.1, 0.15) is 0 Å². The molecule has 1 rings (SSSR count). The Balaban J connectivity index is 2.97. The van der Waals surface area contributed by atoms with E-state index in [2.05, 4.69) is 10.1 Å². The molecule has 6 heteroatoms. The van der Waals surface area contributed by atoms with Crippen molar-refractivity contribution >= 4 is 29.2 Å². The fourth-order valence-electron chi connectivity index (χ4n) is 1.13. The van der Waals surface area contributed by atoms with Crippen molar-refractivity contribution in [2.24, 2.45) is 5.73 Å². The number of carbonyl (C=O) groups is 2. The lowest BCUT2D eigenvalue weighted by molar-refractivity contribution is -0.117. The number of nitrogens with one attached hydrogen (secondary N) is 1. The second-order valence-corrected chi connectivity index (χ2v) is 3.87. The minimum Gasteiger partial charge on any atom is -0.465 e. The molecule has 0 heterocycles. The Kier molecular flexibility index (Phi) is 4.48. The molecule has 1 unspecified atom stereocenters. The normalized spacial score (nSPS) is 11.8. The number of methoxy groups -OCH3 is 1. The van der Waals surface area contributed by atoms with Crippen LogP contribution in [-0.4, -0.2) is 25.0 Å². The molecule has 0 aliphatic carbocycles. The first kappa shape index (κ1) is 13.5. The highest BCUT2D eigenvalue weighted by molar-refractivity contribution is 6.33. The Morgan fingerprint density at radius 2 is 2.12 bits per heavy atom. The molecule has 0 radical (unpaired) electrons. The SMILES string of the molecule is COC(=O)c1cc(NC(=O)C(C)N)ccc1Cl. The standard InChI is InChI=1S/C11H13ClN2O3/c1-6(13)10(15)14-7-3-4-9(12)8(5-7)11(16)17-2/h3-6H,13H2,1-2H3,(H,14,15). The zero-order valence-electron chi connectivity index (χ0n) is 9.49. The van der Waals surface area contributed by atoms with Crippen LogP contribution in [0.3, 0.4) is 0 Å². The molecule has 1 aromatic rings. The van der Waals surface area contributed by atoms with Crippen LogP contribution in [0.15, 0.2) is 18.2 Å². The van der Waals surface area contributed by atoms with Gasteiger partial charge in [-0.2, -0.15) is 0 Å². The van der Waals surface area contributed by atoms with Crippen molar-refractivity contribution in [1.82, 2.24) is 0 Å². The number of esters is 1. The van der Waals surface area contributed by atoms with Crippen LogP contribution in [0.5, 0.6) is 0 Å². The lowest BCUT2D eigenvalue weighted by atomic mass is 10.2. The first-order chi connectivity index (χ1) is 7.95. The van der Waals surface area contributed by atoms with Crippen molar-refractivity contribution in [3.63, 3.8) is 0 Å². The Bertz CT molecular complexity index is 446. The first-order valence-corrected chi connectivity index (χ1v) is 5.27. The van der Waals surface area contributed by atoms with E-state index in [0.717, 1.165) is 0 Å². The first-order valence-electron chi connectivity index (χ1n) is 4.90. The number of amides is 1. The molecular formula is C11H13ClN2O3. The fraction of sp³-hybridized carbons (Fsp3) is 0.273. The molecule has 0 bridgehead atoms. The summed E-state index contributed by atoms with van der Waals surface area (Å²) >= 11 is 5.83. The van der Waals surface area contributed by atoms with Gasteiger partial charge in [0.25, 0.3) is 0 Å². The molecule has 0 aliphatic rings. The molecule has 5 nitrogen and oxygen atoms in total. The number of ether oxygens (including phenoxy) is 1. The number of halogens is 1. The molecule has 92 valence electrons. The van der Waals surface area contributed by atoms with Crippen molar-refractivity contribution in [3.8, 4) is 0 Å². The Morgan fingerprint density at radius 1 is 1.47 bits per heavy atom. The molecule has 1 aromatic carbocycles. The summed E-state index contributed by atoms with van der Waals surface area (Å²) in [4.78, 5) is 22.7. The van der Waals surface area contributed by atoms with E-state index < -0.39 is 12.0 Å². The van der Waals surface area contributed by atoms with Gasteiger partial charge in [0.15, 0.2) is 0 Å². The summed E-state index contributed by atoms with van der Waals surface area (Å²) in [7, 11) is 1.26. The fourth-order valence-corrected chi connectivity index (χ4v) is 1.32. The molecule has 0 fully saturated rings. The van der Waals surface area contributed by atoms with Gasteiger partial charge in [-0.05, 0) is 25.1 Å². The van der Waals surface area contributed by atoms with Gasteiger partial charge in [-0.1, -0.05) is 11.6 Å². The number of rotatable bonds is 3. The van der Waals surface area contributed by atoms with Gasteiger partial charge < -0.3 is 15.8 Å². The molecule has 17 heavy (non-hydrogen) atoms. The Morgan fingerprint density at radius 3 is 2.65 bits per heavy atom. The molecule has 3 N–H and O–H groups in total. The summed E-state index contributed by atoms with van der Waals surface area (Å²) in [5, 5.41) is 2.82. The molecule has 0 aromatic heterocycles. The highest BCUT2D eigenvalue weighted by atomic mass is 35.5. The van der Waals surface area contributed by atoms with Gasteiger partial charge in [0, 0.05) is 5.69 Å². The average Bonchev–Trinajstić information content (AvgIpc) is 2.30. The lowest BCUT2D eigenvalue weighted by Gasteiger charge is -2.09. The molecule has 0 saturated heterocycles. The summed E-state index contributed by atoms with van der Waals surface area (Å²) in [5.41, 5.74) is 6.04. The highest BCUT2D eigenvalue weighted by Crippen LogP contribution is 2.21. The Hall–Kier alpha value is -1.59.